The molecule has 0 saturated heterocycles. The number of thiol groups is 2. The number of rotatable bonds is 46. The fraction of sp³-hybridized carbons (Fsp3) is 0.525. The number of phenols is 1. The van der Waals surface area contributed by atoms with Crippen molar-refractivity contribution in [2.24, 2.45) is 22.9 Å². The van der Waals surface area contributed by atoms with Gasteiger partial charge >= 0.3 is 5.97 Å². The fourth-order valence-corrected chi connectivity index (χ4v) is 9.26. The minimum Gasteiger partial charge on any atom is -0.508 e. The van der Waals surface area contributed by atoms with Crippen molar-refractivity contribution in [2.75, 3.05) is 57.4 Å². The molecule has 100 heavy (non-hydrogen) atoms. The Kier molecular flexibility index (Phi) is 39.3. The van der Waals surface area contributed by atoms with Gasteiger partial charge in [-0.1, -0.05) is 42.5 Å². The van der Waals surface area contributed by atoms with E-state index in [1.165, 1.54) is 43.3 Å². The average Bonchev–Trinajstić information content (AvgIpc) is 0.854. The summed E-state index contributed by atoms with van der Waals surface area (Å²) in [6.45, 7) is -1.63. The van der Waals surface area contributed by atoms with Crippen LogP contribution in [-0.2, 0) is 84.8 Å². The maximum atomic E-state index is 14.4. The minimum atomic E-state index is -2.10. The molecule has 41 heteroatoms. The van der Waals surface area contributed by atoms with Crippen LogP contribution in [0.25, 0.3) is 0 Å². The number of aromatic hydroxyl groups is 1. The van der Waals surface area contributed by atoms with Gasteiger partial charge in [-0.05, 0) is 75.8 Å². The van der Waals surface area contributed by atoms with E-state index in [2.05, 4.69) is 99.7 Å². The summed E-state index contributed by atoms with van der Waals surface area (Å²) in [5.74, 6) is -17.5. The third-order valence-corrected chi connectivity index (χ3v) is 15.0. The number of amides is 14. The molecule has 12 atom stereocenters. The highest BCUT2D eigenvalue weighted by atomic mass is 32.1. The smallest absolute Gasteiger partial charge is 0.305 e. The van der Waals surface area contributed by atoms with E-state index in [-0.39, 0.29) is 56.7 Å². The summed E-state index contributed by atoms with van der Waals surface area (Å²) in [6, 6.07) is -4.32. The summed E-state index contributed by atoms with van der Waals surface area (Å²) >= 11 is 8.24. The van der Waals surface area contributed by atoms with Crippen molar-refractivity contribution in [2.45, 2.75) is 138 Å². The van der Waals surface area contributed by atoms with Crippen LogP contribution in [0, 0.1) is 5.41 Å². The number of nitrogens with two attached hydrogens (primary N) is 4. The second-order valence-electron chi connectivity index (χ2n) is 22.5. The number of guanidine groups is 1. The highest BCUT2D eigenvalue weighted by Gasteiger charge is 2.37. The zero-order chi connectivity index (χ0) is 75.2. The normalized spacial score (nSPS) is 14.4. The minimum absolute atomic E-state index is 0.0157. The lowest BCUT2D eigenvalue weighted by Gasteiger charge is -2.28. The van der Waals surface area contributed by atoms with Crippen LogP contribution in [0.15, 0.2) is 54.6 Å². The SMILES string of the molecule is C[C@H](N)C(=O)N[C@@H](CS)C(=O)N[C@@H](Cc1ccc(O)cc1)C(=O)N[C@@H](CCCCN)C(=O)N[C@@H](CCCNC(=N)N)C(=O)N[C@@H](CO)C(=O)N[C@@H](CC(=O)O)C(=O)N[C@@H](Cc1ccccc1)C(=O)N[C@H](C(=O)N[C@@H](CS)C(=O)NCC(=O)NCC(=O)NCC(=O)N[C@@H](CO)C(N)=O)[C@@H](C)O. The van der Waals surface area contributed by atoms with Crippen LogP contribution in [-0.4, -0.2) is 250 Å². The van der Waals surface area contributed by atoms with Crippen molar-refractivity contribution in [1.82, 2.24) is 74.4 Å². The number of unbranched alkanes of at least 4 members (excludes halogenated alkanes) is 1. The van der Waals surface area contributed by atoms with Gasteiger partial charge in [-0.15, -0.1) is 0 Å². The lowest BCUT2D eigenvalue weighted by atomic mass is 10.0. The van der Waals surface area contributed by atoms with Crippen molar-refractivity contribution < 1.29 is 97.5 Å². The molecule has 14 amide bonds. The van der Waals surface area contributed by atoms with Crippen LogP contribution >= 0.6 is 25.3 Å². The topological polar surface area (TPSA) is 654 Å². The zero-order valence-corrected chi connectivity index (χ0v) is 56.5. The number of primary amides is 1. The van der Waals surface area contributed by atoms with Crippen LogP contribution in [0.2, 0.25) is 0 Å². The van der Waals surface area contributed by atoms with Crippen molar-refractivity contribution in [3.8, 4) is 5.75 Å². The Bertz CT molecular complexity index is 3140. The lowest BCUT2D eigenvalue weighted by Crippen LogP contribution is -2.62. The molecule has 2 aromatic carbocycles. The molecule has 0 fully saturated rings. The van der Waals surface area contributed by atoms with E-state index in [4.69, 9.17) is 33.5 Å². The first kappa shape index (κ1) is 86.1. The van der Waals surface area contributed by atoms with Gasteiger partial charge in [0.05, 0.1) is 51.4 Å². The van der Waals surface area contributed by atoms with Gasteiger partial charge in [0.2, 0.25) is 82.7 Å². The standard InChI is InChI=1S/C59H91N19O20S2/c1-29(61)49(89)76-42(28-100)57(97)73-36(20-32-13-15-33(82)16-14-32)53(93)71-34(11-6-7-17-60)51(91)70-35(12-8-18-65-59(63)64)52(92)75-40(26-80)56(96)74-38(21-46(86)87)54(94)72-37(19-31-9-4-3-5-10-31)55(95)78-47(30(2)81)58(98)77-41(27-99)50(90)68-23-44(84)66-22-43(83)67-24-45(85)69-39(25-79)48(62)88/h3-5,9-10,13-16,29-30,34-42,47,79-82,99-100H,6-8,11-12,17-28,60-61H2,1-2H3,(H2,62,88)(H,66,84)(H,67,83)(H,68,90)(H,69,85)(H,70,91)(H,71,93)(H,72,94)(H,73,97)(H,74,96)(H,75,92)(H,76,89)(H,77,98)(H,78,95)(H,86,87)(H4,63,64,65)/t29-,30+,34-,35-,36-,37-,38-,39-,40-,41-,42-,47-/m0/s1. The lowest BCUT2D eigenvalue weighted by molar-refractivity contribution is -0.142. The van der Waals surface area contributed by atoms with E-state index in [1.807, 2.05) is 0 Å². The number of aliphatic hydroxyl groups excluding tert-OH is 3. The van der Waals surface area contributed by atoms with Crippen molar-refractivity contribution in [1.29, 1.82) is 5.41 Å². The van der Waals surface area contributed by atoms with Gasteiger partial charge in [-0.2, -0.15) is 25.3 Å². The molecule has 0 aliphatic heterocycles. The Morgan fingerprint density at radius 3 is 1.38 bits per heavy atom. The predicted molar refractivity (Wildman–Crippen MR) is 361 cm³/mol. The number of carboxylic acids is 1. The average molecular weight is 1450 g/mol. The maximum Gasteiger partial charge on any atom is 0.305 e. The number of hydrogen-bond donors (Lipinski definition) is 26. The van der Waals surface area contributed by atoms with Crippen LogP contribution in [0.1, 0.15) is 63.5 Å². The predicted octanol–water partition coefficient (Wildman–Crippen LogP) is -10.7. The molecule has 0 bridgehead atoms. The molecule has 0 aliphatic carbocycles. The molecule has 0 saturated carbocycles. The Hall–Kier alpha value is -9.94. The molecule has 39 nitrogen and oxygen atoms in total. The number of nitrogens with one attached hydrogen (secondary N) is 15. The number of carboxylic acid groups (broad SMARTS) is 1. The summed E-state index contributed by atoms with van der Waals surface area (Å²) in [5.41, 5.74) is 22.7. The van der Waals surface area contributed by atoms with E-state index in [0.29, 0.717) is 17.5 Å². The number of carbonyl (C=O) groups excluding carboxylic acids is 14. The molecular formula is C59H91N19O20S2. The number of carbonyl (C=O) groups is 15. The largest absolute Gasteiger partial charge is 0.508 e. The van der Waals surface area contributed by atoms with Crippen LogP contribution in [0.3, 0.4) is 0 Å². The van der Waals surface area contributed by atoms with E-state index in [9.17, 15) is 92.3 Å². The van der Waals surface area contributed by atoms with Gasteiger partial charge in [0.25, 0.3) is 0 Å². The molecule has 28 N–H and O–H groups in total. The van der Waals surface area contributed by atoms with Crippen LogP contribution in [0.5, 0.6) is 5.75 Å². The van der Waals surface area contributed by atoms with E-state index in [1.54, 1.807) is 18.2 Å². The molecule has 0 heterocycles. The van der Waals surface area contributed by atoms with Gasteiger partial charge in [-0.3, -0.25) is 77.3 Å². The van der Waals surface area contributed by atoms with Gasteiger partial charge < -0.3 is 123 Å². The van der Waals surface area contributed by atoms with E-state index in [0.717, 1.165) is 6.92 Å². The van der Waals surface area contributed by atoms with Gasteiger partial charge in [0, 0.05) is 30.9 Å². The molecule has 0 spiro atoms. The second kappa shape index (κ2) is 45.6. The number of benzene rings is 2. The molecule has 554 valence electrons. The fourth-order valence-electron chi connectivity index (χ4n) is 8.74. The highest BCUT2D eigenvalue weighted by Crippen LogP contribution is 2.14. The van der Waals surface area contributed by atoms with Gasteiger partial charge in [0.1, 0.15) is 66.2 Å². The zero-order valence-electron chi connectivity index (χ0n) is 54.7. The Labute approximate surface area is 584 Å². The van der Waals surface area contributed by atoms with E-state index >= 15 is 0 Å². The first-order valence-electron chi connectivity index (χ1n) is 31.1. The van der Waals surface area contributed by atoms with Crippen molar-refractivity contribution >= 4 is 120 Å². The van der Waals surface area contributed by atoms with E-state index < -0.39 is 219 Å². The Balaban J connectivity index is 2.39. The number of aliphatic carboxylic acids is 1. The molecule has 0 unspecified atom stereocenters. The summed E-state index contributed by atoms with van der Waals surface area (Å²) in [5, 5.41) is 90.3. The first-order chi connectivity index (χ1) is 47.3. The maximum absolute atomic E-state index is 14.4. The summed E-state index contributed by atoms with van der Waals surface area (Å²) < 4.78 is 0. The Morgan fingerprint density at radius 1 is 0.470 bits per heavy atom. The first-order valence-corrected chi connectivity index (χ1v) is 32.4. The van der Waals surface area contributed by atoms with Crippen LogP contribution in [0.4, 0.5) is 0 Å². The third-order valence-electron chi connectivity index (χ3n) is 14.2. The molecule has 0 radical (unpaired) electrons. The molecule has 2 aromatic rings. The summed E-state index contributed by atoms with van der Waals surface area (Å²) in [4.78, 5) is 198. The van der Waals surface area contributed by atoms with Crippen molar-refractivity contribution in [3.05, 3.63) is 65.7 Å². The monoisotopic (exact) mass is 1450 g/mol. The quantitative estimate of drug-likeness (QED) is 0.0127. The molecule has 0 aliphatic rings. The van der Waals surface area contributed by atoms with Crippen LogP contribution < -0.4 is 97.4 Å². The number of aliphatic hydroxyl groups is 3. The number of phenolic OH excluding ortho intramolecular Hbond substituents is 1. The summed E-state index contributed by atoms with van der Waals surface area (Å²) in [6.07, 6.45) is -3.42. The Morgan fingerprint density at radius 2 is 0.890 bits per heavy atom. The number of hydrogen-bond acceptors (Lipinski definition) is 24. The molecular weight excluding hydrogens is 1360 g/mol. The summed E-state index contributed by atoms with van der Waals surface area (Å²) in [7, 11) is 0. The third kappa shape index (κ3) is 32.6. The second-order valence-corrected chi connectivity index (χ2v) is 23.2. The molecule has 0 aromatic heterocycles. The molecule has 2 rings (SSSR count). The highest BCUT2D eigenvalue weighted by molar-refractivity contribution is 7.80. The van der Waals surface area contributed by atoms with Gasteiger partial charge in [-0.25, -0.2) is 0 Å². The van der Waals surface area contributed by atoms with Gasteiger partial charge in [0.15, 0.2) is 5.96 Å². The van der Waals surface area contributed by atoms with Crippen molar-refractivity contribution in [3.63, 3.8) is 0 Å².